The fourth-order valence-corrected chi connectivity index (χ4v) is 11.7. The van der Waals surface area contributed by atoms with Crippen LogP contribution in [0.3, 0.4) is 0 Å². The minimum Gasteiger partial charge on any atom is -0.394 e. The first-order valence-electron chi connectivity index (χ1n) is 37.3. The number of carbonyl (C=O) groups is 1. The lowest BCUT2D eigenvalue weighted by Gasteiger charge is -2.48. The minimum atomic E-state index is -1.99. The summed E-state index contributed by atoms with van der Waals surface area (Å²) in [4.78, 5) is 13.4. The molecule has 1 amide bonds. The standard InChI is InChI=1S/C78H131NO18/c1-3-5-7-9-11-13-15-17-19-21-23-25-27-29-30-32-34-36-38-40-42-44-46-48-50-52-54-56-66(84)79-61(62(83)55-53-51-49-47-45-43-41-39-37-35-33-31-28-26-24-22-20-18-16-14-12-10-8-6-4-2)60-92-76-72(90)69(87)74(64(58-81)94-76)97-78-73(91)70(88)75(65(59-82)95-78)96-77-71(89)68(86)67(85)63(57-80)93-77/h5,7,11,13,17,19,23,25,29-30,34,36-37,39-40,42,45,47,53,55,61-65,67-78,80-83,85-91H,3-4,6,8-10,12,14-16,18,20-22,24,26-28,31-33,35,38,41,43-44,46,48-52,54,56-60H2,1-2H3,(H,79,84)/b7-5-,13-11-,19-17-,25-23-,30-29-,36-34-,39-37+,42-40-,47-45+,55-53+. The smallest absolute Gasteiger partial charge is 0.220 e. The number of unbranched alkanes of at least 4 members (excludes halogenated alkanes) is 22. The number of nitrogens with one attached hydrogen (secondary N) is 1. The Morgan fingerprint density at radius 2 is 0.722 bits per heavy atom. The summed E-state index contributed by atoms with van der Waals surface area (Å²) in [6.07, 6.45) is 53.1. The van der Waals surface area contributed by atoms with Gasteiger partial charge >= 0.3 is 0 Å². The Balaban J connectivity index is 1.45. The van der Waals surface area contributed by atoms with Crippen LogP contribution >= 0.6 is 0 Å². The third-order valence-electron chi connectivity index (χ3n) is 17.7. The minimum absolute atomic E-state index is 0.201. The van der Waals surface area contributed by atoms with E-state index < -0.39 is 124 Å². The van der Waals surface area contributed by atoms with Crippen molar-refractivity contribution in [1.29, 1.82) is 0 Å². The van der Waals surface area contributed by atoms with Crippen LogP contribution in [0.1, 0.15) is 232 Å². The van der Waals surface area contributed by atoms with Gasteiger partial charge in [0.1, 0.15) is 73.2 Å². The molecule has 3 saturated heterocycles. The van der Waals surface area contributed by atoms with Crippen molar-refractivity contribution in [2.75, 3.05) is 26.4 Å². The van der Waals surface area contributed by atoms with Crippen molar-refractivity contribution in [3.05, 3.63) is 122 Å². The van der Waals surface area contributed by atoms with E-state index in [1.165, 1.54) is 96.3 Å². The third-order valence-corrected chi connectivity index (χ3v) is 17.7. The molecule has 556 valence electrons. The van der Waals surface area contributed by atoms with Crippen molar-refractivity contribution >= 4 is 5.91 Å². The van der Waals surface area contributed by atoms with Gasteiger partial charge in [-0.3, -0.25) is 4.79 Å². The van der Waals surface area contributed by atoms with Gasteiger partial charge in [-0.25, -0.2) is 0 Å². The van der Waals surface area contributed by atoms with E-state index >= 15 is 0 Å². The van der Waals surface area contributed by atoms with Gasteiger partial charge < -0.3 is 89.9 Å². The Morgan fingerprint density at radius 1 is 0.381 bits per heavy atom. The molecule has 0 radical (unpaired) electrons. The summed E-state index contributed by atoms with van der Waals surface area (Å²) in [5.41, 5.74) is 0. The summed E-state index contributed by atoms with van der Waals surface area (Å²) in [6, 6.07) is -1.02. The van der Waals surface area contributed by atoms with Crippen LogP contribution in [0.15, 0.2) is 122 Å². The molecular formula is C78H131NO18. The highest BCUT2D eigenvalue weighted by molar-refractivity contribution is 5.76. The summed E-state index contributed by atoms with van der Waals surface area (Å²) >= 11 is 0. The normalized spacial score (nSPS) is 27.6. The van der Waals surface area contributed by atoms with E-state index in [1.807, 2.05) is 6.08 Å². The highest BCUT2D eigenvalue weighted by Gasteiger charge is 2.53. The van der Waals surface area contributed by atoms with Gasteiger partial charge in [-0.15, -0.1) is 0 Å². The van der Waals surface area contributed by atoms with E-state index in [4.69, 9.17) is 28.4 Å². The number of ether oxygens (including phenoxy) is 6. The summed E-state index contributed by atoms with van der Waals surface area (Å²) < 4.78 is 34.4. The molecule has 12 N–H and O–H groups in total. The summed E-state index contributed by atoms with van der Waals surface area (Å²) in [6.45, 7) is 1.58. The molecule has 0 aromatic heterocycles. The zero-order valence-electron chi connectivity index (χ0n) is 59.0. The van der Waals surface area contributed by atoms with E-state index in [0.717, 1.165) is 103 Å². The van der Waals surface area contributed by atoms with Crippen molar-refractivity contribution < 1.29 is 89.4 Å². The lowest BCUT2D eigenvalue weighted by atomic mass is 9.96. The fraction of sp³-hybridized carbons (Fsp3) is 0.731. The molecule has 17 atom stereocenters. The molecule has 0 aliphatic carbocycles. The maximum absolute atomic E-state index is 13.4. The lowest BCUT2D eigenvalue weighted by molar-refractivity contribution is -0.379. The number of hydrogen-bond acceptors (Lipinski definition) is 18. The van der Waals surface area contributed by atoms with E-state index in [2.05, 4.69) is 129 Å². The molecular weight excluding hydrogens is 1240 g/mol. The second-order valence-electron chi connectivity index (χ2n) is 26.0. The molecule has 17 unspecified atom stereocenters. The van der Waals surface area contributed by atoms with Crippen LogP contribution in [0.5, 0.6) is 0 Å². The van der Waals surface area contributed by atoms with Crippen LogP contribution in [0.25, 0.3) is 0 Å². The largest absolute Gasteiger partial charge is 0.394 e. The van der Waals surface area contributed by atoms with Crippen LogP contribution < -0.4 is 5.32 Å². The summed E-state index contributed by atoms with van der Waals surface area (Å²) in [5.74, 6) is -0.313. The van der Waals surface area contributed by atoms with E-state index in [9.17, 15) is 61.0 Å². The van der Waals surface area contributed by atoms with E-state index in [-0.39, 0.29) is 18.9 Å². The topological polar surface area (TPSA) is 307 Å². The number of hydrogen-bond donors (Lipinski definition) is 12. The highest BCUT2D eigenvalue weighted by atomic mass is 16.8. The van der Waals surface area contributed by atoms with Crippen molar-refractivity contribution in [2.24, 2.45) is 0 Å². The maximum atomic E-state index is 13.4. The Hall–Kier alpha value is -3.81. The van der Waals surface area contributed by atoms with Gasteiger partial charge in [0.2, 0.25) is 5.91 Å². The number of rotatable bonds is 56. The van der Waals surface area contributed by atoms with Crippen molar-refractivity contribution in [3.8, 4) is 0 Å². The quantitative estimate of drug-likeness (QED) is 0.0199. The average Bonchev–Trinajstić information content (AvgIpc) is 0.790. The van der Waals surface area contributed by atoms with Gasteiger partial charge in [0, 0.05) is 6.42 Å². The van der Waals surface area contributed by atoms with Gasteiger partial charge in [-0.1, -0.05) is 245 Å². The SMILES string of the molecule is CC/C=C\C/C=C\C/C=C\C/C=C\C/C=C\C/C=C\C/C=C\CCCCCCCC(=O)NC(COC1OC(CO)C(OC2OC(CO)C(OC3OC(CO)C(O)C(O)C3O)C(O)C2O)C(O)C1O)C(O)/C=C/CC/C=C/CC/C=C/CCCCCCCCCCCCCCCCC. The molecule has 0 spiro atoms. The van der Waals surface area contributed by atoms with Crippen LogP contribution in [-0.4, -0.2) is 193 Å². The third kappa shape index (κ3) is 38.7. The second kappa shape index (κ2) is 57.8. The summed E-state index contributed by atoms with van der Waals surface area (Å²) in [5, 5.41) is 121. The Bertz CT molecular complexity index is 2230. The molecule has 3 fully saturated rings. The van der Waals surface area contributed by atoms with Gasteiger partial charge in [-0.05, 0) is 103 Å². The molecule has 0 bridgehead atoms. The van der Waals surface area contributed by atoms with Crippen LogP contribution in [0.2, 0.25) is 0 Å². The Morgan fingerprint density at radius 3 is 1.15 bits per heavy atom. The predicted octanol–water partition coefficient (Wildman–Crippen LogP) is 11.2. The van der Waals surface area contributed by atoms with Gasteiger partial charge in [-0.2, -0.15) is 0 Å². The van der Waals surface area contributed by atoms with Crippen LogP contribution in [0, 0.1) is 0 Å². The summed E-state index contributed by atoms with van der Waals surface area (Å²) in [7, 11) is 0. The van der Waals surface area contributed by atoms with Crippen molar-refractivity contribution in [2.45, 2.75) is 336 Å². The highest BCUT2D eigenvalue weighted by Crippen LogP contribution is 2.33. The predicted molar refractivity (Wildman–Crippen MR) is 383 cm³/mol. The molecule has 3 rings (SSSR count). The van der Waals surface area contributed by atoms with E-state index in [0.29, 0.717) is 12.8 Å². The number of allylic oxidation sites excluding steroid dienone is 19. The molecule has 19 heteroatoms. The molecule has 0 aromatic carbocycles. The van der Waals surface area contributed by atoms with Crippen LogP contribution in [0.4, 0.5) is 0 Å². The number of amides is 1. The monoisotopic (exact) mass is 1370 g/mol. The first-order valence-corrected chi connectivity index (χ1v) is 37.3. The van der Waals surface area contributed by atoms with Crippen molar-refractivity contribution in [1.82, 2.24) is 5.32 Å². The zero-order valence-corrected chi connectivity index (χ0v) is 59.0. The molecule has 3 heterocycles. The van der Waals surface area contributed by atoms with Crippen molar-refractivity contribution in [3.63, 3.8) is 0 Å². The van der Waals surface area contributed by atoms with Crippen LogP contribution in [-0.2, 0) is 33.2 Å². The average molecular weight is 1370 g/mol. The Kier molecular flexibility index (Phi) is 52.1. The molecule has 0 saturated carbocycles. The first kappa shape index (κ1) is 87.4. The second-order valence-corrected chi connectivity index (χ2v) is 26.0. The number of aliphatic hydroxyl groups excluding tert-OH is 11. The molecule has 3 aliphatic rings. The van der Waals surface area contributed by atoms with Gasteiger partial charge in [0.15, 0.2) is 18.9 Å². The molecule has 97 heavy (non-hydrogen) atoms. The maximum Gasteiger partial charge on any atom is 0.220 e. The van der Waals surface area contributed by atoms with Gasteiger partial charge in [0.25, 0.3) is 0 Å². The molecule has 0 aromatic rings. The number of carbonyl (C=O) groups excluding carboxylic acids is 1. The molecule has 3 aliphatic heterocycles. The lowest BCUT2D eigenvalue weighted by Crippen LogP contribution is -2.66. The fourth-order valence-electron chi connectivity index (χ4n) is 11.7. The number of aliphatic hydroxyl groups is 11. The first-order chi connectivity index (χ1) is 47.3. The zero-order chi connectivity index (χ0) is 70.4. The Labute approximate surface area is 582 Å². The van der Waals surface area contributed by atoms with Gasteiger partial charge in [0.05, 0.1) is 38.6 Å². The molecule has 19 nitrogen and oxygen atoms in total. The van der Waals surface area contributed by atoms with E-state index in [1.54, 1.807) is 6.08 Å².